The van der Waals surface area contributed by atoms with Gasteiger partial charge >= 0.3 is 0 Å². The SMILES string of the molecule is Cc1cccc(NC(N)=NCc2ccc(N3CCCC3=O)cc2)c1.I. The molecule has 0 aliphatic carbocycles. The summed E-state index contributed by atoms with van der Waals surface area (Å²) < 4.78 is 0. The van der Waals surface area contributed by atoms with Crippen molar-refractivity contribution >= 4 is 47.2 Å². The Balaban J connectivity index is 0.00000225. The molecule has 3 rings (SSSR count). The topological polar surface area (TPSA) is 70.7 Å². The van der Waals surface area contributed by atoms with Gasteiger partial charge in [0, 0.05) is 24.3 Å². The Bertz CT molecular complexity index is 758. The summed E-state index contributed by atoms with van der Waals surface area (Å²) in [6.07, 6.45) is 1.58. The van der Waals surface area contributed by atoms with Crippen molar-refractivity contribution in [1.29, 1.82) is 0 Å². The van der Waals surface area contributed by atoms with Gasteiger partial charge in [-0.3, -0.25) is 4.79 Å². The summed E-state index contributed by atoms with van der Waals surface area (Å²) in [5.74, 6) is 0.590. The van der Waals surface area contributed by atoms with E-state index in [2.05, 4.69) is 10.3 Å². The van der Waals surface area contributed by atoms with E-state index in [1.54, 1.807) is 0 Å². The van der Waals surface area contributed by atoms with Crippen molar-refractivity contribution in [1.82, 2.24) is 0 Å². The van der Waals surface area contributed by atoms with Gasteiger partial charge in [-0.2, -0.15) is 0 Å². The first-order valence-corrected chi connectivity index (χ1v) is 8.15. The van der Waals surface area contributed by atoms with Crippen LogP contribution in [-0.4, -0.2) is 18.4 Å². The van der Waals surface area contributed by atoms with Crippen molar-refractivity contribution in [2.45, 2.75) is 26.3 Å². The molecule has 5 nitrogen and oxygen atoms in total. The summed E-state index contributed by atoms with van der Waals surface area (Å²) in [5.41, 5.74) is 10.0. The summed E-state index contributed by atoms with van der Waals surface area (Å²) in [5, 5.41) is 3.09. The summed E-state index contributed by atoms with van der Waals surface area (Å²) in [4.78, 5) is 17.9. The van der Waals surface area contributed by atoms with Gasteiger partial charge in [0.15, 0.2) is 5.96 Å². The molecule has 0 spiro atoms. The molecule has 0 atom stereocenters. The standard InChI is InChI=1S/C19H22N4O.HI/c1-14-4-2-5-16(12-14)22-19(20)21-13-15-7-9-17(10-8-15)23-11-3-6-18(23)24;/h2,4-5,7-10,12H,3,6,11,13H2,1H3,(H3,20,21,22);1H. The molecule has 0 bridgehead atoms. The van der Waals surface area contributed by atoms with E-state index in [1.807, 2.05) is 60.4 Å². The molecule has 132 valence electrons. The van der Waals surface area contributed by atoms with E-state index in [4.69, 9.17) is 5.73 Å². The summed E-state index contributed by atoms with van der Waals surface area (Å²) in [6, 6.07) is 15.9. The Kier molecular flexibility index (Phi) is 6.81. The summed E-state index contributed by atoms with van der Waals surface area (Å²) >= 11 is 0. The Morgan fingerprint density at radius 3 is 2.64 bits per heavy atom. The number of rotatable bonds is 4. The lowest BCUT2D eigenvalue weighted by molar-refractivity contribution is -0.117. The number of hydrogen-bond donors (Lipinski definition) is 2. The molecule has 0 aromatic heterocycles. The van der Waals surface area contributed by atoms with E-state index < -0.39 is 0 Å². The number of carbonyl (C=O) groups is 1. The number of hydrogen-bond acceptors (Lipinski definition) is 2. The molecule has 0 saturated carbocycles. The van der Waals surface area contributed by atoms with E-state index in [0.29, 0.717) is 18.9 Å². The fourth-order valence-corrected chi connectivity index (χ4v) is 2.79. The fraction of sp³-hybridized carbons (Fsp3) is 0.263. The molecular weight excluding hydrogens is 427 g/mol. The van der Waals surface area contributed by atoms with Crippen LogP contribution in [0.2, 0.25) is 0 Å². The maximum Gasteiger partial charge on any atom is 0.227 e. The van der Waals surface area contributed by atoms with Crippen molar-refractivity contribution in [2.75, 3.05) is 16.8 Å². The molecule has 3 N–H and O–H groups in total. The smallest absolute Gasteiger partial charge is 0.227 e. The minimum absolute atomic E-state index is 0. The van der Waals surface area contributed by atoms with E-state index in [0.717, 1.165) is 29.9 Å². The first-order chi connectivity index (χ1) is 11.6. The Morgan fingerprint density at radius 2 is 2.00 bits per heavy atom. The number of nitrogens with two attached hydrogens (primary N) is 1. The van der Waals surface area contributed by atoms with E-state index >= 15 is 0 Å². The average molecular weight is 450 g/mol. The van der Waals surface area contributed by atoms with Gasteiger partial charge in [-0.05, 0) is 48.7 Å². The molecule has 25 heavy (non-hydrogen) atoms. The van der Waals surface area contributed by atoms with Crippen LogP contribution in [0.1, 0.15) is 24.0 Å². The predicted octanol–water partition coefficient (Wildman–Crippen LogP) is 3.67. The number of nitrogens with zero attached hydrogens (tertiary/aromatic N) is 2. The number of nitrogens with one attached hydrogen (secondary N) is 1. The van der Waals surface area contributed by atoms with Crippen LogP contribution in [0.4, 0.5) is 11.4 Å². The van der Waals surface area contributed by atoms with Crippen molar-refractivity contribution < 1.29 is 4.79 Å². The monoisotopic (exact) mass is 450 g/mol. The first-order valence-electron chi connectivity index (χ1n) is 8.15. The number of guanidine groups is 1. The van der Waals surface area contributed by atoms with Crippen molar-refractivity contribution in [3.8, 4) is 0 Å². The van der Waals surface area contributed by atoms with Gasteiger partial charge in [0.25, 0.3) is 0 Å². The van der Waals surface area contributed by atoms with Crippen LogP contribution in [0.25, 0.3) is 0 Å². The molecule has 0 unspecified atom stereocenters. The zero-order valence-corrected chi connectivity index (χ0v) is 16.6. The van der Waals surface area contributed by atoms with Crippen LogP contribution >= 0.6 is 24.0 Å². The highest BCUT2D eigenvalue weighted by atomic mass is 127. The third kappa shape index (κ3) is 5.19. The zero-order valence-electron chi connectivity index (χ0n) is 14.2. The van der Waals surface area contributed by atoms with Gasteiger partial charge in [0.2, 0.25) is 5.91 Å². The largest absolute Gasteiger partial charge is 0.370 e. The quantitative estimate of drug-likeness (QED) is 0.424. The van der Waals surface area contributed by atoms with Crippen LogP contribution in [0, 0.1) is 6.92 Å². The number of benzene rings is 2. The van der Waals surface area contributed by atoms with Gasteiger partial charge < -0.3 is 16.0 Å². The van der Waals surface area contributed by atoms with Crippen LogP contribution in [-0.2, 0) is 11.3 Å². The Hall–Kier alpha value is -2.09. The van der Waals surface area contributed by atoms with Gasteiger partial charge in [-0.15, -0.1) is 24.0 Å². The maximum atomic E-state index is 11.8. The minimum Gasteiger partial charge on any atom is -0.370 e. The second-order valence-corrected chi connectivity index (χ2v) is 6.01. The molecule has 1 aliphatic heterocycles. The van der Waals surface area contributed by atoms with Gasteiger partial charge in [-0.25, -0.2) is 4.99 Å². The second-order valence-electron chi connectivity index (χ2n) is 6.01. The van der Waals surface area contributed by atoms with Gasteiger partial charge in [0.05, 0.1) is 6.54 Å². The normalized spacial score (nSPS) is 14.4. The molecule has 0 radical (unpaired) electrons. The average Bonchev–Trinajstić information content (AvgIpc) is 2.99. The lowest BCUT2D eigenvalue weighted by atomic mass is 10.2. The highest BCUT2D eigenvalue weighted by Gasteiger charge is 2.21. The van der Waals surface area contributed by atoms with Gasteiger partial charge in [-0.1, -0.05) is 24.3 Å². The lowest BCUT2D eigenvalue weighted by Crippen LogP contribution is -2.23. The third-order valence-corrected chi connectivity index (χ3v) is 4.04. The number of halogens is 1. The zero-order chi connectivity index (χ0) is 16.9. The molecular formula is C19H23IN4O. The second kappa shape index (κ2) is 8.84. The molecule has 1 saturated heterocycles. The lowest BCUT2D eigenvalue weighted by Gasteiger charge is -2.15. The van der Waals surface area contributed by atoms with Crippen LogP contribution in [0.3, 0.4) is 0 Å². The molecule has 1 heterocycles. The molecule has 2 aromatic carbocycles. The number of anilines is 2. The molecule has 1 aliphatic rings. The Labute approximate surface area is 165 Å². The van der Waals surface area contributed by atoms with Crippen LogP contribution < -0.4 is 16.0 Å². The minimum atomic E-state index is 0. The predicted molar refractivity (Wildman–Crippen MR) is 114 cm³/mol. The molecule has 2 aromatic rings. The van der Waals surface area contributed by atoms with E-state index in [1.165, 1.54) is 5.56 Å². The van der Waals surface area contributed by atoms with Crippen molar-refractivity contribution in [2.24, 2.45) is 10.7 Å². The van der Waals surface area contributed by atoms with E-state index in [9.17, 15) is 4.79 Å². The molecule has 1 fully saturated rings. The highest BCUT2D eigenvalue weighted by Crippen LogP contribution is 2.21. The van der Waals surface area contributed by atoms with Crippen molar-refractivity contribution in [3.05, 3.63) is 59.7 Å². The number of carbonyl (C=O) groups excluding carboxylic acids is 1. The Morgan fingerprint density at radius 1 is 1.24 bits per heavy atom. The van der Waals surface area contributed by atoms with Crippen molar-refractivity contribution in [3.63, 3.8) is 0 Å². The summed E-state index contributed by atoms with van der Waals surface area (Å²) in [6.45, 7) is 3.34. The molecule has 1 amide bonds. The molecule has 6 heteroatoms. The fourth-order valence-electron chi connectivity index (χ4n) is 2.79. The number of aryl methyl sites for hydroxylation is 1. The third-order valence-electron chi connectivity index (χ3n) is 4.04. The van der Waals surface area contributed by atoms with E-state index in [-0.39, 0.29) is 29.9 Å². The first kappa shape index (κ1) is 19.2. The summed E-state index contributed by atoms with van der Waals surface area (Å²) in [7, 11) is 0. The number of amides is 1. The van der Waals surface area contributed by atoms with Crippen LogP contribution in [0.5, 0.6) is 0 Å². The van der Waals surface area contributed by atoms with Crippen LogP contribution in [0.15, 0.2) is 53.5 Å². The van der Waals surface area contributed by atoms with Gasteiger partial charge in [0.1, 0.15) is 0 Å². The number of aliphatic imine (C=N–C) groups is 1. The highest BCUT2D eigenvalue weighted by molar-refractivity contribution is 14.0. The maximum absolute atomic E-state index is 11.8.